The number of benzene rings is 2. The molecule has 1 atom stereocenters. The molecule has 1 N–H and O–H groups in total. The lowest BCUT2D eigenvalue weighted by Crippen LogP contribution is -2.18. The van der Waals surface area contributed by atoms with Gasteiger partial charge in [0.05, 0.1) is 5.69 Å². The summed E-state index contributed by atoms with van der Waals surface area (Å²) in [6.07, 6.45) is 2.14. The van der Waals surface area contributed by atoms with Gasteiger partial charge >= 0.3 is 0 Å². The summed E-state index contributed by atoms with van der Waals surface area (Å²) in [6, 6.07) is 11.4. The van der Waals surface area contributed by atoms with Crippen LogP contribution in [-0.2, 0) is 17.6 Å². The van der Waals surface area contributed by atoms with Gasteiger partial charge in [-0.05, 0) is 59.6 Å². The van der Waals surface area contributed by atoms with Crippen molar-refractivity contribution in [2.45, 2.75) is 11.4 Å². The molecule has 0 aliphatic carbocycles. The first kappa shape index (κ1) is 19.7. The third kappa shape index (κ3) is 4.08. The Morgan fingerprint density at radius 3 is 2.54 bits per heavy atom. The predicted octanol–water partition coefficient (Wildman–Crippen LogP) is 3.28. The third-order valence-electron chi connectivity index (χ3n) is 4.30. The number of pyridine rings is 1. The van der Waals surface area contributed by atoms with E-state index in [1.807, 2.05) is 4.90 Å². The second kappa shape index (κ2) is 8.28. The molecule has 1 unspecified atom stereocenters. The van der Waals surface area contributed by atoms with Crippen molar-refractivity contribution in [1.82, 2.24) is 4.98 Å². The van der Waals surface area contributed by atoms with Crippen molar-refractivity contribution in [2.75, 3.05) is 11.9 Å². The van der Waals surface area contributed by atoms with Gasteiger partial charge in [0, 0.05) is 47.1 Å². The Bertz CT molecular complexity index is 1040. The summed E-state index contributed by atoms with van der Waals surface area (Å²) in [4.78, 5) is 17.6. The van der Waals surface area contributed by atoms with Gasteiger partial charge < -0.3 is 14.6 Å². The van der Waals surface area contributed by atoms with Gasteiger partial charge in [0.1, 0.15) is 11.6 Å². The molecule has 3 rings (SSSR count). The number of halogens is 1. The lowest BCUT2D eigenvalue weighted by atomic mass is 10.00. The van der Waals surface area contributed by atoms with Gasteiger partial charge in [-0.3, -0.25) is 14.0 Å². The van der Waals surface area contributed by atoms with Crippen LogP contribution in [0.15, 0.2) is 59.6 Å². The Hall–Kier alpha value is -3.10. The quantitative estimate of drug-likeness (QED) is 0.505. The molecule has 2 aromatic carbocycles. The summed E-state index contributed by atoms with van der Waals surface area (Å²) < 4.78 is 35.3. The van der Waals surface area contributed by atoms with Crippen LogP contribution in [0.2, 0.25) is 0 Å². The van der Waals surface area contributed by atoms with Crippen molar-refractivity contribution in [3.8, 4) is 17.0 Å². The Balaban J connectivity index is 2.05. The number of phenolic OH excluding ortho intramolecular Hbond substituents is 1. The topological polar surface area (TPSA) is 93.6 Å². The summed E-state index contributed by atoms with van der Waals surface area (Å²) >= 11 is -2.48. The average Bonchev–Trinajstić information content (AvgIpc) is 2.68. The van der Waals surface area contributed by atoms with Gasteiger partial charge in [0.25, 0.3) is 0 Å². The first-order valence-corrected chi connectivity index (χ1v) is 9.30. The van der Waals surface area contributed by atoms with E-state index >= 15 is 0 Å². The number of nitrogens with zero attached hydrogens (tertiary/aromatic N) is 2. The van der Waals surface area contributed by atoms with Gasteiger partial charge in [-0.2, -0.15) is 0 Å². The molecule has 0 amide bonds. The minimum absolute atomic E-state index is 0.0576. The third-order valence-corrected chi connectivity index (χ3v) is 4.94. The molecule has 6 nitrogen and oxygen atoms in total. The van der Waals surface area contributed by atoms with E-state index in [4.69, 9.17) is 0 Å². The van der Waals surface area contributed by atoms with E-state index in [0.29, 0.717) is 28.7 Å². The molecule has 0 fully saturated rings. The van der Waals surface area contributed by atoms with Crippen LogP contribution in [0.3, 0.4) is 0 Å². The maximum atomic E-state index is 13.2. The van der Waals surface area contributed by atoms with E-state index in [1.54, 1.807) is 25.2 Å². The maximum Gasteiger partial charge on any atom is 0.150 e. The molecule has 1 aromatic heterocycles. The maximum absolute atomic E-state index is 13.2. The van der Waals surface area contributed by atoms with Gasteiger partial charge in [-0.1, -0.05) is 0 Å². The standard InChI is InChI=1S/C20H17FN2O4S/c1-23(15-4-2-14(21)3-5-15)11-18-13(12-24)8-9-22-20(18)17-7-6-16(28(26)27)10-19(17)25/h2-10,12,25H,11H2,1H3,(H,26,27)/p-1. The summed E-state index contributed by atoms with van der Waals surface area (Å²) in [5, 5.41) is 10.3. The predicted molar refractivity (Wildman–Crippen MR) is 102 cm³/mol. The highest BCUT2D eigenvalue weighted by atomic mass is 32.2. The average molecular weight is 399 g/mol. The minimum Gasteiger partial charge on any atom is -0.768 e. The lowest BCUT2D eigenvalue weighted by molar-refractivity contribution is 0.112. The van der Waals surface area contributed by atoms with E-state index in [2.05, 4.69) is 4.98 Å². The van der Waals surface area contributed by atoms with E-state index in [9.17, 15) is 23.1 Å². The monoisotopic (exact) mass is 399 g/mol. The molecular weight excluding hydrogens is 383 g/mol. The van der Waals surface area contributed by atoms with E-state index in [0.717, 1.165) is 11.8 Å². The molecule has 8 heteroatoms. The number of aldehydes is 1. The number of aromatic nitrogens is 1. The number of rotatable bonds is 6. The number of hydrogen-bond donors (Lipinski definition) is 1. The molecule has 0 saturated heterocycles. The molecule has 0 bridgehead atoms. The molecular formula is C20H16FN2O4S-. The van der Waals surface area contributed by atoms with Crippen LogP contribution in [-0.4, -0.2) is 32.2 Å². The van der Waals surface area contributed by atoms with Crippen molar-refractivity contribution >= 4 is 23.1 Å². The smallest absolute Gasteiger partial charge is 0.150 e. The summed E-state index contributed by atoms with van der Waals surface area (Å²) in [6.45, 7) is 0.261. The molecule has 0 radical (unpaired) electrons. The molecule has 0 aliphatic rings. The second-order valence-corrected chi connectivity index (χ2v) is 7.03. The van der Waals surface area contributed by atoms with E-state index < -0.39 is 11.1 Å². The Morgan fingerprint density at radius 2 is 1.93 bits per heavy atom. The highest BCUT2D eigenvalue weighted by molar-refractivity contribution is 7.79. The van der Waals surface area contributed by atoms with Gasteiger partial charge in [0.2, 0.25) is 0 Å². The first-order chi connectivity index (χ1) is 13.4. The van der Waals surface area contributed by atoms with Gasteiger partial charge in [0.15, 0.2) is 6.29 Å². The van der Waals surface area contributed by atoms with Crippen LogP contribution >= 0.6 is 0 Å². The largest absolute Gasteiger partial charge is 0.768 e. The summed E-state index contributed by atoms with van der Waals surface area (Å²) in [5.41, 5.74) is 2.33. The number of aromatic hydroxyl groups is 1. The van der Waals surface area contributed by atoms with Crippen LogP contribution in [0.4, 0.5) is 10.1 Å². The van der Waals surface area contributed by atoms with Crippen molar-refractivity contribution in [2.24, 2.45) is 0 Å². The summed E-state index contributed by atoms with van der Waals surface area (Å²) in [5.74, 6) is -0.614. The normalized spacial score (nSPS) is 11.8. The second-order valence-electron chi connectivity index (χ2n) is 6.09. The fourth-order valence-electron chi connectivity index (χ4n) is 2.86. The number of carbonyl (C=O) groups is 1. The van der Waals surface area contributed by atoms with Crippen LogP contribution in [0, 0.1) is 5.82 Å². The van der Waals surface area contributed by atoms with E-state index in [1.165, 1.54) is 30.5 Å². The first-order valence-electron chi connectivity index (χ1n) is 8.23. The van der Waals surface area contributed by atoms with Crippen LogP contribution in [0.1, 0.15) is 15.9 Å². The molecule has 28 heavy (non-hydrogen) atoms. The summed E-state index contributed by atoms with van der Waals surface area (Å²) in [7, 11) is 1.78. The Morgan fingerprint density at radius 1 is 1.21 bits per heavy atom. The lowest BCUT2D eigenvalue weighted by Gasteiger charge is -2.22. The molecule has 1 heterocycles. The van der Waals surface area contributed by atoms with Crippen LogP contribution in [0.25, 0.3) is 11.3 Å². The zero-order chi connectivity index (χ0) is 20.3. The molecule has 144 valence electrons. The number of hydrogen-bond acceptors (Lipinski definition) is 6. The fourth-order valence-corrected chi connectivity index (χ4v) is 3.24. The zero-order valence-corrected chi connectivity index (χ0v) is 15.6. The SMILES string of the molecule is CN(Cc1c(C=O)ccnc1-c1ccc(S(=O)[O-])cc1O)c1ccc(F)cc1. The number of anilines is 1. The van der Waals surface area contributed by atoms with Crippen molar-refractivity contribution < 1.29 is 23.1 Å². The van der Waals surface area contributed by atoms with Crippen molar-refractivity contribution in [1.29, 1.82) is 0 Å². The fraction of sp³-hybridized carbons (Fsp3) is 0.100. The van der Waals surface area contributed by atoms with Crippen molar-refractivity contribution in [3.05, 3.63) is 71.7 Å². The highest BCUT2D eigenvalue weighted by Crippen LogP contribution is 2.33. The Labute approximate surface area is 163 Å². The van der Waals surface area contributed by atoms with E-state index in [-0.39, 0.29) is 23.0 Å². The molecule has 0 saturated carbocycles. The highest BCUT2D eigenvalue weighted by Gasteiger charge is 2.17. The molecule has 3 aromatic rings. The number of carbonyl (C=O) groups excluding carboxylic acids is 1. The van der Waals surface area contributed by atoms with Crippen LogP contribution in [0.5, 0.6) is 5.75 Å². The minimum atomic E-state index is -2.48. The number of phenols is 1. The van der Waals surface area contributed by atoms with Crippen LogP contribution < -0.4 is 4.90 Å². The molecule has 0 aliphatic heterocycles. The van der Waals surface area contributed by atoms with Crippen molar-refractivity contribution in [3.63, 3.8) is 0 Å². The Kier molecular flexibility index (Phi) is 5.81. The van der Waals surface area contributed by atoms with Gasteiger partial charge in [-0.25, -0.2) is 4.39 Å². The zero-order valence-electron chi connectivity index (χ0n) is 14.8. The molecule has 0 spiro atoms. The van der Waals surface area contributed by atoms with Gasteiger partial charge in [-0.15, -0.1) is 0 Å².